The van der Waals surface area contributed by atoms with Gasteiger partial charge >= 0.3 is 5.97 Å². The highest BCUT2D eigenvalue weighted by Crippen LogP contribution is 2.47. The van der Waals surface area contributed by atoms with Crippen molar-refractivity contribution >= 4 is 45.3 Å². The van der Waals surface area contributed by atoms with Gasteiger partial charge in [-0.1, -0.05) is 6.07 Å². The average Bonchev–Trinajstić information content (AvgIpc) is 3.29. The molecule has 10 nitrogen and oxygen atoms in total. The van der Waals surface area contributed by atoms with Crippen LogP contribution in [0.1, 0.15) is 25.3 Å². The Kier molecular flexibility index (Phi) is 6.72. The van der Waals surface area contributed by atoms with Crippen molar-refractivity contribution in [3.05, 3.63) is 23.8 Å². The minimum Gasteiger partial charge on any atom is -0.454 e. The number of benzene rings is 1. The summed E-state index contributed by atoms with van der Waals surface area (Å²) in [7, 11) is -3.73. The highest BCUT2D eigenvalue weighted by molar-refractivity contribution is 8.01. The minimum absolute atomic E-state index is 0.0810. The summed E-state index contributed by atoms with van der Waals surface area (Å²) in [5.41, 5.74) is 0.843. The predicted molar refractivity (Wildman–Crippen MR) is 121 cm³/mol. The molecular formula is C21H27N3O7S2. The summed E-state index contributed by atoms with van der Waals surface area (Å²) in [6, 6.07) is 3.91. The quantitative estimate of drug-likeness (QED) is 0.577. The first-order valence-electron chi connectivity index (χ1n) is 10.7. The molecule has 2 amide bonds. The molecular weight excluding hydrogens is 470 g/mol. The number of sulfonamides is 1. The van der Waals surface area contributed by atoms with Crippen molar-refractivity contribution in [3.8, 4) is 0 Å². The van der Waals surface area contributed by atoms with Gasteiger partial charge in [-0.25, -0.2) is 13.2 Å². The second-order valence-electron chi connectivity index (χ2n) is 8.42. The second-order valence-corrected chi connectivity index (χ2v) is 11.8. The van der Waals surface area contributed by atoms with Gasteiger partial charge in [-0.2, -0.15) is 4.31 Å². The summed E-state index contributed by atoms with van der Waals surface area (Å²) in [6.07, 6.45) is 1.08. The Bertz CT molecular complexity index is 1070. The van der Waals surface area contributed by atoms with Crippen molar-refractivity contribution in [1.29, 1.82) is 0 Å². The van der Waals surface area contributed by atoms with E-state index in [0.29, 0.717) is 37.4 Å². The van der Waals surface area contributed by atoms with Crippen LogP contribution >= 0.6 is 11.8 Å². The molecule has 1 aromatic carbocycles. The Balaban J connectivity index is 1.37. The summed E-state index contributed by atoms with van der Waals surface area (Å²) >= 11 is 1.54. The van der Waals surface area contributed by atoms with Gasteiger partial charge < -0.3 is 19.7 Å². The number of nitrogens with zero attached hydrogens (tertiary/aromatic N) is 2. The summed E-state index contributed by atoms with van der Waals surface area (Å²) in [5, 5.41) is 2.58. The Labute approximate surface area is 197 Å². The number of anilines is 1. The summed E-state index contributed by atoms with van der Waals surface area (Å²) in [5.74, 6) is -0.856. The van der Waals surface area contributed by atoms with E-state index in [1.54, 1.807) is 35.7 Å². The van der Waals surface area contributed by atoms with Crippen LogP contribution in [-0.4, -0.2) is 85.0 Å². The Hall–Kier alpha value is -2.15. The maximum atomic E-state index is 13.0. The number of esters is 1. The molecule has 12 heteroatoms. The zero-order valence-electron chi connectivity index (χ0n) is 18.5. The number of carbonyl (C=O) groups excluding carboxylic acids is 3. The van der Waals surface area contributed by atoms with E-state index in [2.05, 4.69) is 5.32 Å². The number of nitrogens with one attached hydrogen (secondary N) is 1. The number of carbonyl (C=O) groups is 3. The molecule has 2 atom stereocenters. The summed E-state index contributed by atoms with van der Waals surface area (Å²) in [6.45, 7) is 4.30. The first-order valence-corrected chi connectivity index (χ1v) is 13.2. The molecule has 0 saturated carbocycles. The fraction of sp³-hybridized carbons (Fsp3) is 0.571. The van der Waals surface area contributed by atoms with Gasteiger partial charge in [-0.05, 0) is 38.0 Å². The Morgan fingerprint density at radius 1 is 1.30 bits per heavy atom. The molecule has 0 aromatic heterocycles. The number of morpholine rings is 1. The van der Waals surface area contributed by atoms with Crippen LogP contribution in [0.4, 0.5) is 5.69 Å². The molecule has 3 aliphatic rings. The van der Waals surface area contributed by atoms with E-state index in [9.17, 15) is 22.8 Å². The van der Waals surface area contributed by atoms with Gasteiger partial charge in [0.15, 0.2) is 6.61 Å². The SMILES string of the molecule is Cc1ccc(NC(=O)COC(=O)[C@H]2CS[C@]3(C)CCC(=O)N23)cc1S(=O)(=O)N1CCOCC1. The largest absolute Gasteiger partial charge is 0.454 e. The normalized spacial score (nSPS) is 25.7. The topological polar surface area (TPSA) is 122 Å². The van der Waals surface area contributed by atoms with E-state index in [1.165, 1.54) is 10.4 Å². The lowest BCUT2D eigenvalue weighted by Gasteiger charge is -2.29. The zero-order valence-corrected chi connectivity index (χ0v) is 20.2. The highest BCUT2D eigenvalue weighted by Gasteiger charge is 2.53. The number of aryl methyl sites for hydroxylation is 1. The van der Waals surface area contributed by atoms with Gasteiger partial charge in [0, 0.05) is 31.0 Å². The van der Waals surface area contributed by atoms with E-state index in [4.69, 9.17) is 9.47 Å². The lowest BCUT2D eigenvalue weighted by molar-refractivity contribution is -0.155. The van der Waals surface area contributed by atoms with Crippen molar-refractivity contribution in [2.45, 2.75) is 42.5 Å². The van der Waals surface area contributed by atoms with Gasteiger partial charge in [-0.15, -0.1) is 11.8 Å². The van der Waals surface area contributed by atoms with Gasteiger partial charge in [0.05, 0.1) is 23.0 Å². The van der Waals surface area contributed by atoms with Crippen LogP contribution in [0.15, 0.2) is 23.1 Å². The van der Waals surface area contributed by atoms with Gasteiger partial charge in [0.1, 0.15) is 6.04 Å². The molecule has 3 heterocycles. The first kappa shape index (κ1) is 24.0. The number of fused-ring (bicyclic) bond motifs is 1. The number of amides is 2. The molecule has 0 bridgehead atoms. The van der Waals surface area contributed by atoms with Crippen LogP contribution in [0.3, 0.4) is 0 Å². The lowest BCUT2D eigenvalue weighted by Crippen LogP contribution is -2.47. The van der Waals surface area contributed by atoms with Crippen LogP contribution in [0, 0.1) is 6.92 Å². The van der Waals surface area contributed by atoms with Crippen LogP contribution in [0.2, 0.25) is 0 Å². The highest BCUT2D eigenvalue weighted by atomic mass is 32.2. The number of rotatable bonds is 6. The third-order valence-electron chi connectivity index (χ3n) is 6.12. The first-order chi connectivity index (χ1) is 15.6. The third kappa shape index (κ3) is 4.75. The van der Waals surface area contributed by atoms with E-state index in [1.807, 2.05) is 6.92 Å². The number of hydrogen-bond donors (Lipinski definition) is 1. The van der Waals surface area contributed by atoms with Crippen molar-refractivity contribution in [3.63, 3.8) is 0 Å². The monoisotopic (exact) mass is 497 g/mol. The molecule has 0 radical (unpaired) electrons. The molecule has 0 spiro atoms. The van der Waals surface area contributed by atoms with E-state index >= 15 is 0 Å². The van der Waals surface area contributed by atoms with Crippen molar-refractivity contribution in [2.24, 2.45) is 0 Å². The molecule has 1 N–H and O–H groups in total. The minimum atomic E-state index is -3.73. The van der Waals surface area contributed by atoms with E-state index in [0.717, 1.165) is 0 Å². The van der Waals surface area contributed by atoms with Crippen molar-refractivity contribution < 1.29 is 32.3 Å². The second kappa shape index (κ2) is 9.24. The van der Waals surface area contributed by atoms with E-state index < -0.39 is 39.4 Å². The molecule has 33 heavy (non-hydrogen) atoms. The molecule has 3 aliphatic heterocycles. The Morgan fingerprint density at radius 3 is 2.76 bits per heavy atom. The van der Waals surface area contributed by atoms with Crippen LogP contribution in [0.25, 0.3) is 0 Å². The number of ether oxygens (including phenoxy) is 2. The smallest absolute Gasteiger partial charge is 0.330 e. The standard InChI is InChI=1S/C21H27N3O7S2/c1-14-3-4-15(11-17(14)33(28,29)23-7-9-30-10-8-23)22-18(25)12-31-20(27)16-13-32-21(2)6-5-19(26)24(16)21/h3-4,11,16H,5-10,12-13H2,1-2H3,(H,22,25)/t16-,21-/m1/s1. The lowest BCUT2D eigenvalue weighted by atomic mass is 10.2. The van der Waals surface area contributed by atoms with Crippen molar-refractivity contribution in [2.75, 3.05) is 44.0 Å². The number of hydrogen-bond acceptors (Lipinski definition) is 8. The average molecular weight is 498 g/mol. The van der Waals surface area contributed by atoms with Crippen LogP contribution < -0.4 is 5.32 Å². The summed E-state index contributed by atoms with van der Waals surface area (Å²) < 4.78 is 37.8. The maximum absolute atomic E-state index is 13.0. The Morgan fingerprint density at radius 2 is 2.03 bits per heavy atom. The molecule has 0 aliphatic carbocycles. The molecule has 4 rings (SSSR count). The molecule has 3 fully saturated rings. The maximum Gasteiger partial charge on any atom is 0.330 e. The summed E-state index contributed by atoms with van der Waals surface area (Å²) in [4.78, 5) is 38.4. The fourth-order valence-electron chi connectivity index (χ4n) is 4.31. The molecule has 3 saturated heterocycles. The van der Waals surface area contributed by atoms with Crippen LogP contribution in [-0.2, 0) is 33.9 Å². The predicted octanol–water partition coefficient (Wildman–Crippen LogP) is 0.952. The molecule has 0 unspecified atom stereocenters. The third-order valence-corrected chi connectivity index (χ3v) is 9.67. The van der Waals surface area contributed by atoms with Crippen LogP contribution in [0.5, 0.6) is 0 Å². The van der Waals surface area contributed by atoms with Gasteiger partial charge in [-0.3, -0.25) is 9.59 Å². The number of thioether (sulfide) groups is 1. The van der Waals surface area contributed by atoms with Gasteiger partial charge in [0.2, 0.25) is 15.9 Å². The fourth-order valence-corrected chi connectivity index (χ4v) is 7.38. The van der Waals surface area contributed by atoms with E-state index in [-0.39, 0.29) is 29.6 Å². The van der Waals surface area contributed by atoms with Gasteiger partial charge in [0.25, 0.3) is 5.91 Å². The molecule has 180 valence electrons. The molecule has 1 aromatic rings. The van der Waals surface area contributed by atoms with Crippen molar-refractivity contribution in [1.82, 2.24) is 9.21 Å². The zero-order chi connectivity index (χ0) is 23.8.